The highest BCUT2D eigenvalue weighted by Gasteiger charge is 2.12. The van der Waals surface area contributed by atoms with Crippen molar-refractivity contribution in [1.29, 1.82) is 0 Å². The Labute approximate surface area is 75.1 Å². The molecule has 68 valence electrons. The molecule has 0 bridgehead atoms. The molecule has 0 fully saturated rings. The molecule has 0 aliphatic heterocycles. The second-order valence-corrected chi connectivity index (χ2v) is 3.90. The molecule has 12 heavy (non-hydrogen) atoms. The zero-order chi connectivity index (χ0) is 8.32. The van der Waals surface area contributed by atoms with Crippen molar-refractivity contribution in [3.05, 3.63) is 24.3 Å². The van der Waals surface area contributed by atoms with Gasteiger partial charge in [-0.1, -0.05) is 28.2 Å². The maximum Gasteiger partial charge on any atom is 0.128 e. The van der Waals surface area contributed by atoms with Gasteiger partial charge in [0, 0.05) is 18.8 Å². The van der Waals surface area contributed by atoms with Crippen molar-refractivity contribution in [1.82, 2.24) is 9.97 Å². The van der Waals surface area contributed by atoms with Crippen LogP contribution >= 0.6 is 0 Å². The summed E-state index contributed by atoms with van der Waals surface area (Å²) in [5.74, 6) is 0.931. The lowest BCUT2D eigenvalue weighted by molar-refractivity contribution is 0.400. The Morgan fingerprint density at radius 2 is 1.67 bits per heavy atom. The largest absolute Gasteiger partial charge is 0.241 e. The highest BCUT2D eigenvalue weighted by Crippen LogP contribution is 2.17. The summed E-state index contributed by atoms with van der Waals surface area (Å²) in [6, 6.07) is 1.84. The lowest BCUT2D eigenvalue weighted by Crippen LogP contribution is -2.11. The van der Waals surface area contributed by atoms with Crippen molar-refractivity contribution in [3.8, 4) is 0 Å². The van der Waals surface area contributed by atoms with E-state index in [0.717, 1.165) is 12.2 Å². The van der Waals surface area contributed by atoms with E-state index in [0.29, 0.717) is 0 Å². The molecular weight excluding hydrogens is 148 g/mol. The maximum atomic E-state index is 4.15. The summed E-state index contributed by atoms with van der Waals surface area (Å²) >= 11 is 0. The highest BCUT2D eigenvalue weighted by molar-refractivity contribution is 4.91. The number of rotatable bonds is 1. The van der Waals surface area contributed by atoms with Crippen LogP contribution < -0.4 is 0 Å². The van der Waals surface area contributed by atoms with E-state index in [2.05, 4.69) is 30.7 Å². The first-order valence-electron chi connectivity index (χ1n) is 3.84. The summed E-state index contributed by atoms with van der Waals surface area (Å²) < 4.78 is 0. The van der Waals surface area contributed by atoms with Crippen LogP contribution in [0.2, 0.25) is 0 Å². The second kappa shape index (κ2) is 4.19. The lowest BCUT2D eigenvalue weighted by Gasteiger charge is -2.15. The standard InChI is InChI=1S/C9H14N2.CH4/c1-9(2,3)7-8-10-5-4-6-11-8;/h4-6H,7H2,1-3H3;1H4. The third-order valence-corrected chi connectivity index (χ3v) is 1.31. The fourth-order valence-electron chi connectivity index (χ4n) is 0.896. The minimum absolute atomic E-state index is 0. The molecule has 0 saturated heterocycles. The van der Waals surface area contributed by atoms with Crippen LogP contribution in [0.1, 0.15) is 34.0 Å². The van der Waals surface area contributed by atoms with Crippen LogP contribution in [-0.2, 0) is 6.42 Å². The Balaban J connectivity index is 0.00000121. The molecule has 0 aromatic carbocycles. The molecule has 1 aromatic heterocycles. The van der Waals surface area contributed by atoms with E-state index in [-0.39, 0.29) is 12.8 Å². The fraction of sp³-hybridized carbons (Fsp3) is 0.600. The van der Waals surface area contributed by atoms with E-state index < -0.39 is 0 Å². The molecule has 1 heterocycles. The van der Waals surface area contributed by atoms with Gasteiger partial charge in [-0.2, -0.15) is 0 Å². The Kier molecular flexibility index (Phi) is 3.87. The maximum absolute atomic E-state index is 4.15. The summed E-state index contributed by atoms with van der Waals surface area (Å²) in [6.45, 7) is 6.55. The molecule has 0 atom stereocenters. The zero-order valence-corrected chi connectivity index (χ0v) is 7.33. The van der Waals surface area contributed by atoms with Gasteiger partial charge in [0.15, 0.2) is 0 Å². The van der Waals surface area contributed by atoms with Gasteiger partial charge >= 0.3 is 0 Å². The summed E-state index contributed by atoms with van der Waals surface area (Å²) in [5.41, 5.74) is 0.279. The minimum Gasteiger partial charge on any atom is -0.241 e. The number of aromatic nitrogens is 2. The van der Waals surface area contributed by atoms with Crippen LogP contribution in [0.15, 0.2) is 18.5 Å². The molecule has 1 rings (SSSR count). The molecule has 0 saturated carbocycles. The Hall–Kier alpha value is -0.920. The molecule has 0 aliphatic rings. The van der Waals surface area contributed by atoms with Gasteiger partial charge in [0.05, 0.1) is 0 Å². The predicted molar refractivity (Wildman–Crippen MR) is 51.9 cm³/mol. The van der Waals surface area contributed by atoms with Crippen molar-refractivity contribution < 1.29 is 0 Å². The van der Waals surface area contributed by atoms with Crippen LogP contribution in [0.5, 0.6) is 0 Å². The molecule has 0 radical (unpaired) electrons. The molecule has 0 N–H and O–H groups in total. The van der Waals surface area contributed by atoms with Crippen LogP contribution in [-0.4, -0.2) is 9.97 Å². The molecule has 2 nitrogen and oxygen atoms in total. The topological polar surface area (TPSA) is 25.8 Å². The normalized spacial score (nSPS) is 10.6. The van der Waals surface area contributed by atoms with Crippen molar-refractivity contribution in [2.45, 2.75) is 34.6 Å². The third-order valence-electron chi connectivity index (χ3n) is 1.31. The van der Waals surface area contributed by atoms with Crippen LogP contribution in [0.25, 0.3) is 0 Å². The zero-order valence-electron chi connectivity index (χ0n) is 7.33. The lowest BCUT2D eigenvalue weighted by atomic mass is 9.92. The molecular formula is C10H18N2. The summed E-state index contributed by atoms with van der Waals surface area (Å²) in [4.78, 5) is 8.31. The first-order chi connectivity index (χ1) is 5.08. The summed E-state index contributed by atoms with van der Waals surface area (Å²) in [5, 5.41) is 0. The van der Waals surface area contributed by atoms with Crippen molar-refractivity contribution >= 4 is 0 Å². The van der Waals surface area contributed by atoms with Crippen LogP contribution in [0.3, 0.4) is 0 Å². The first kappa shape index (κ1) is 11.1. The first-order valence-corrected chi connectivity index (χ1v) is 3.84. The Morgan fingerprint density at radius 1 is 1.17 bits per heavy atom. The van der Waals surface area contributed by atoms with E-state index >= 15 is 0 Å². The average Bonchev–Trinajstić information content (AvgIpc) is 1.85. The SMILES string of the molecule is C.CC(C)(C)Cc1ncccn1. The van der Waals surface area contributed by atoms with Gasteiger partial charge in [0.25, 0.3) is 0 Å². The molecule has 0 amide bonds. The fourth-order valence-corrected chi connectivity index (χ4v) is 0.896. The van der Waals surface area contributed by atoms with Gasteiger partial charge in [0.1, 0.15) is 5.82 Å². The molecule has 0 aliphatic carbocycles. The smallest absolute Gasteiger partial charge is 0.128 e. The summed E-state index contributed by atoms with van der Waals surface area (Å²) in [7, 11) is 0. The van der Waals surface area contributed by atoms with E-state index in [1.165, 1.54) is 0 Å². The minimum atomic E-state index is 0. The molecule has 0 unspecified atom stereocenters. The molecule has 2 heteroatoms. The van der Waals surface area contributed by atoms with Crippen molar-refractivity contribution in [2.24, 2.45) is 5.41 Å². The number of hydrogen-bond donors (Lipinski definition) is 0. The Morgan fingerprint density at radius 3 is 2.08 bits per heavy atom. The van der Waals surface area contributed by atoms with Gasteiger partial charge < -0.3 is 0 Å². The number of nitrogens with zero attached hydrogens (tertiary/aromatic N) is 2. The molecule has 1 aromatic rings. The van der Waals surface area contributed by atoms with Gasteiger partial charge in [-0.15, -0.1) is 0 Å². The van der Waals surface area contributed by atoms with E-state index in [1.807, 2.05) is 6.07 Å². The van der Waals surface area contributed by atoms with E-state index in [1.54, 1.807) is 12.4 Å². The predicted octanol–water partition coefficient (Wildman–Crippen LogP) is 2.70. The van der Waals surface area contributed by atoms with Gasteiger partial charge in [0.2, 0.25) is 0 Å². The van der Waals surface area contributed by atoms with Crippen LogP contribution in [0.4, 0.5) is 0 Å². The second-order valence-electron chi connectivity index (χ2n) is 3.90. The van der Waals surface area contributed by atoms with Crippen molar-refractivity contribution in [2.75, 3.05) is 0 Å². The van der Waals surface area contributed by atoms with Crippen molar-refractivity contribution in [3.63, 3.8) is 0 Å². The van der Waals surface area contributed by atoms with Crippen LogP contribution in [0, 0.1) is 5.41 Å². The third kappa shape index (κ3) is 4.06. The monoisotopic (exact) mass is 166 g/mol. The number of hydrogen-bond acceptors (Lipinski definition) is 2. The van der Waals surface area contributed by atoms with Gasteiger partial charge in [-0.05, 0) is 11.5 Å². The molecule has 0 spiro atoms. The van der Waals surface area contributed by atoms with E-state index in [4.69, 9.17) is 0 Å². The highest BCUT2D eigenvalue weighted by atomic mass is 14.8. The summed E-state index contributed by atoms with van der Waals surface area (Å²) in [6.07, 6.45) is 4.51. The van der Waals surface area contributed by atoms with E-state index in [9.17, 15) is 0 Å². The van der Waals surface area contributed by atoms with Gasteiger partial charge in [-0.25, -0.2) is 9.97 Å². The average molecular weight is 166 g/mol. The quantitative estimate of drug-likeness (QED) is 0.641. The Bertz CT molecular complexity index is 211. The van der Waals surface area contributed by atoms with Gasteiger partial charge in [-0.3, -0.25) is 0 Å².